The van der Waals surface area contributed by atoms with Gasteiger partial charge in [-0.3, -0.25) is 4.79 Å². The van der Waals surface area contributed by atoms with Crippen LogP contribution in [-0.2, 0) is 9.53 Å². The molecule has 3 N–H and O–H groups in total. The SMILES string of the molecule is CN1CCOC(CNC(=O)NC2(CC(=O)O)CCC2)C1. The number of aliphatic carboxylic acids is 1. The number of likely N-dealkylation sites (N-methyl/N-ethyl adjacent to an activating group) is 1. The molecule has 1 unspecified atom stereocenters. The standard InChI is InChI=1S/C13H23N3O4/c1-16-5-6-20-10(9-16)8-14-12(19)15-13(3-2-4-13)7-11(17)18/h10H,2-9H2,1H3,(H,17,18)(H2,14,15,19). The van der Waals surface area contributed by atoms with E-state index in [1.54, 1.807) is 0 Å². The zero-order chi connectivity index (χ0) is 14.6. The first-order valence-corrected chi connectivity index (χ1v) is 7.07. The molecule has 114 valence electrons. The van der Waals surface area contributed by atoms with Crippen LogP contribution in [0.1, 0.15) is 25.7 Å². The van der Waals surface area contributed by atoms with E-state index < -0.39 is 11.5 Å². The minimum Gasteiger partial charge on any atom is -0.481 e. The van der Waals surface area contributed by atoms with Gasteiger partial charge in [-0.25, -0.2) is 4.79 Å². The summed E-state index contributed by atoms with van der Waals surface area (Å²) in [5.74, 6) is -0.873. The number of carboxylic acids is 1. The number of morpholine rings is 1. The topological polar surface area (TPSA) is 90.9 Å². The summed E-state index contributed by atoms with van der Waals surface area (Å²) in [5.41, 5.74) is -0.555. The molecule has 0 aromatic rings. The molecule has 1 saturated carbocycles. The average Bonchev–Trinajstić information content (AvgIpc) is 2.33. The van der Waals surface area contributed by atoms with Gasteiger partial charge in [0, 0.05) is 19.6 Å². The average molecular weight is 285 g/mol. The predicted octanol–water partition coefficient (Wildman–Crippen LogP) is 0.0136. The lowest BCUT2D eigenvalue weighted by Crippen LogP contribution is -2.58. The molecule has 0 aromatic carbocycles. The molecule has 1 aliphatic heterocycles. The van der Waals surface area contributed by atoms with Crippen molar-refractivity contribution in [2.45, 2.75) is 37.3 Å². The highest BCUT2D eigenvalue weighted by molar-refractivity contribution is 5.77. The van der Waals surface area contributed by atoms with E-state index in [0.29, 0.717) is 13.2 Å². The van der Waals surface area contributed by atoms with E-state index in [1.165, 1.54) is 0 Å². The number of rotatable bonds is 5. The summed E-state index contributed by atoms with van der Waals surface area (Å²) in [6.45, 7) is 2.82. The molecule has 2 amide bonds. The minimum atomic E-state index is -0.873. The Hall–Kier alpha value is -1.34. The Kier molecular flexibility index (Phi) is 4.82. The van der Waals surface area contributed by atoms with E-state index in [0.717, 1.165) is 32.4 Å². The second-order valence-electron chi connectivity index (χ2n) is 5.79. The summed E-state index contributed by atoms with van der Waals surface area (Å²) in [5, 5.41) is 14.5. The molecule has 1 atom stereocenters. The largest absolute Gasteiger partial charge is 0.481 e. The lowest BCUT2D eigenvalue weighted by Gasteiger charge is -2.41. The van der Waals surface area contributed by atoms with E-state index in [1.807, 2.05) is 7.05 Å². The molecular weight excluding hydrogens is 262 g/mol. The maximum absolute atomic E-state index is 11.9. The third-order valence-electron chi connectivity index (χ3n) is 4.01. The van der Waals surface area contributed by atoms with Crippen molar-refractivity contribution in [3.8, 4) is 0 Å². The van der Waals surface area contributed by atoms with Gasteiger partial charge in [-0.15, -0.1) is 0 Å². The molecule has 1 saturated heterocycles. The number of carboxylic acid groups (broad SMARTS) is 1. The van der Waals surface area contributed by atoms with Gasteiger partial charge in [0.2, 0.25) is 0 Å². The minimum absolute atomic E-state index is 0.00341. The normalized spacial score (nSPS) is 25.6. The molecule has 20 heavy (non-hydrogen) atoms. The van der Waals surface area contributed by atoms with Crippen LogP contribution in [0.5, 0.6) is 0 Å². The van der Waals surface area contributed by atoms with Crippen molar-refractivity contribution in [3.63, 3.8) is 0 Å². The van der Waals surface area contributed by atoms with Crippen LogP contribution in [0.3, 0.4) is 0 Å². The van der Waals surface area contributed by atoms with Crippen molar-refractivity contribution in [2.24, 2.45) is 0 Å². The highest BCUT2D eigenvalue weighted by Gasteiger charge is 2.40. The zero-order valence-electron chi connectivity index (χ0n) is 11.9. The number of hydrogen-bond donors (Lipinski definition) is 3. The summed E-state index contributed by atoms with van der Waals surface area (Å²) >= 11 is 0. The van der Waals surface area contributed by atoms with Gasteiger partial charge in [-0.05, 0) is 26.3 Å². The monoisotopic (exact) mass is 285 g/mol. The van der Waals surface area contributed by atoms with Gasteiger partial charge >= 0.3 is 12.0 Å². The van der Waals surface area contributed by atoms with Crippen molar-refractivity contribution < 1.29 is 19.4 Å². The number of amides is 2. The molecule has 1 aliphatic carbocycles. The Bertz CT molecular complexity index is 371. The predicted molar refractivity (Wildman–Crippen MR) is 72.6 cm³/mol. The zero-order valence-corrected chi connectivity index (χ0v) is 11.9. The third kappa shape index (κ3) is 4.08. The Morgan fingerprint density at radius 2 is 2.20 bits per heavy atom. The number of nitrogens with zero attached hydrogens (tertiary/aromatic N) is 1. The first-order chi connectivity index (χ1) is 9.49. The van der Waals surface area contributed by atoms with Crippen LogP contribution in [0.4, 0.5) is 4.79 Å². The van der Waals surface area contributed by atoms with Gasteiger partial charge < -0.3 is 25.4 Å². The highest BCUT2D eigenvalue weighted by atomic mass is 16.5. The summed E-state index contributed by atoms with van der Waals surface area (Å²) in [7, 11) is 2.02. The Morgan fingerprint density at radius 1 is 1.45 bits per heavy atom. The molecule has 0 radical (unpaired) electrons. The molecular formula is C13H23N3O4. The third-order valence-corrected chi connectivity index (χ3v) is 4.01. The van der Waals surface area contributed by atoms with Crippen LogP contribution in [0.2, 0.25) is 0 Å². The first-order valence-electron chi connectivity index (χ1n) is 7.07. The molecule has 0 spiro atoms. The summed E-state index contributed by atoms with van der Waals surface area (Å²) < 4.78 is 5.56. The maximum Gasteiger partial charge on any atom is 0.315 e. The van der Waals surface area contributed by atoms with Gasteiger partial charge in [0.05, 0.1) is 24.7 Å². The molecule has 2 fully saturated rings. The van der Waals surface area contributed by atoms with Crippen molar-refractivity contribution >= 4 is 12.0 Å². The second kappa shape index (κ2) is 6.41. The summed E-state index contributed by atoms with van der Waals surface area (Å²) in [4.78, 5) is 24.9. The van der Waals surface area contributed by atoms with E-state index in [2.05, 4.69) is 15.5 Å². The fourth-order valence-corrected chi connectivity index (χ4v) is 2.72. The molecule has 7 heteroatoms. The van der Waals surface area contributed by atoms with Crippen LogP contribution in [0, 0.1) is 0 Å². The summed E-state index contributed by atoms with van der Waals surface area (Å²) in [6.07, 6.45) is 2.41. The van der Waals surface area contributed by atoms with Gasteiger partial charge in [0.15, 0.2) is 0 Å². The number of hydrogen-bond acceptors (Lipinski definition) is 4. The summed E-state index contributed by atoms with van der Waals surface area (Å²) in [6, 6.07) is -0.303. The fourth-order valence-electron chi connectivity index (χ4n) is 2.72. The second-order valence-corrected chi connectivity index (χ2v) is 5.79. The number of nitrogens with one attached hydrogen (secondary N) is 2. The van der Waals surface area contributed by atoms with Crippen LogP contribution in [0.15, 0.2) is 0 Å². The van der Waals surface area contributed by atoms with Gasteiger partial charge in [0.25, 0.3) is 0 Å². The molecule has 7 nitrogen and oxygen atoms in total. The smallest absolute Gasteiger partial charge is 0.315 e. The molecule has 2 rings (SSSR count). The van der Waals surface area contributed by atoms with Crippen LogP contribution >= 0.6 is 0 Å². The van der Waals surface area contributed by atoms with Crippen molar-refractivity contribution in [1.82, 2.24) is 15.5 Å². The van der Waals surface area contributed by atoms with Gasteiger partial charge in [0.1, 0.15) is 0 Å². The van der Waals surface area contributed by atoms with Gasteiger partial charge in [-0.2, -0.15) is 0 Å². The Balaban J connectivity index is 1.73. The molecule has 0 aromatic heterocycles. The van der Waals surface area contributed by atoms with Crippen molar-refractivity contribution in [3.05, 3.63) is 0 Å². The lowest BCUT2D eigenvalue weighted by atomic mass is 9.74. The molecule has 2 aliphatic rings. The fraction of sp³-hybridized carbons (Fsp3) is 0.846. The number of urea groups is 1. The van der Waals surface area contributed by atoms with Gasteiger partial charge in [-0.1, -0.05) is 0 Å². The van der Waals surface area contributed by atoms with E-state index in [9.17, 15) is 9.59 Å². The number of carbonyl (C=O) groups excluding carboxylic acids is 1. The first kappa shape index (κ1) is 15.1. The van der Waals surface area contributed by atoms with Crippen molar-refractivity contribution in [2.75, 3.05) is 33.3 Å². The van der Waals surface area contributed by atoms with E-state index in [4.69, 9.17) is 9.84 Å². The van der Waals surface area contributed by atoms with Crippen LogP contribution in [0.25, 0.3) is 0 Å². The van der Waals surface area contributed by atoms with E-state index in [-0.39, 0.29) is 18.6 Å². The number of ether oxygens (including phenoxy) is 1. The van der Waals surface area contributed by atoms with Crippen LogP contribution < -0.4 is 10.6 Å². The Morgan fingerprint density at radius 3 is 2.75 bits per heavy atom. The van der Waals surface area contributed by atoms with Crippen LogP contribution in [-0.4, -0.2) is 66.9 Å². The lowest BCUT2D eigenvalue weighted by molar-refractivity contribution is -0.139. The highest BCUT2D eigenvalue weighted by Crippen LogP contribution is 2.34. The quantitative estimate of drug-likeness (QED) is 0.662. The van der Waals surface area contributed by atoms with Crippen molar-refractivity contribution in [1.29, 1.82) is 0 Å². The van der Waals surface area contributed by atoms with E-state index >= 15 is 0 Å². The Labute approximate surface area is 118 Å². The number of carbonyl (C=O) groups is 2. The molecule has 0 bridgehead atoms. The maximum atomic E-state index is 11.9. The molecule has 1 heterocycles.